The minimum atomic E-state index is -4.55. The second kappa shape index (κ2) is 18.1. The minimum Gasteiger partial charge on any atom is -0.453 e. The number of methoxy groups -OCH3 is 2. The van der Waals surface area contributed by atoms with E-state index in [9.17, 15) is 32.3 Å². The SMILES string of the molecule is C=C(C)[C@H](NC(=O)OC)C(=O)N1CCC[C@H]1c1nc2c([nH]1)CCCc1cc(-c3ccc(-c4nc([C@@H]5C(=C)CCN5C(=O)[C@@H](NC(=O)OC)C(C)C)[nH]c4CC(F)(F)F)cc3)ccc1-2. The smallest absolute Gasteiger partial charge is 0.407 e. The first-order chi connectivity index (χ1) is 30.0. The normalized spacial score (nSPS) is 18.3. The van der Waals surface area contributed by atoms with Crippen LogP contribution in [-0.4, -0.2) is 99.3 Å². The van der Waals surface area contributed by atoms with Crippen molar-refractivity contribution in [2.45, 2.75) is 96.1 Å². The van der Waals surface area contributed by atoms with E-state index >= 15 is 0 Å². The zero-order valence-electron chi connectivity index (χ0n) is 36.1. The number of alkyl halides is 3. The molecule has 4 amide bonds. The molecule has 2 aliphatic heterocycles. The Balaban J connectivity index is 1.14. The second-order valence-electron chi connectivity index (χ2n) is 16.8. The Morgan fingerprint density at radius 3 is 2.17 bits per heavy atom. The first kappa shape index (κ1) is 44.7. The zero-order chi connectivity index (χ0) is 45.3. The molecule has 1 aliphatic carbocycles. The van der Waals surface area contributed by atoms with E-state index in [2.05, 4.69) is 39.8 Å². The van der Waals surface area contributed by atoms with Gasteiger partial charge in [0.1, 0.15) is 29.8 Å². The van der Waals surface area contributed by atoms with Crippen LogP contribution in [0.3, 0.4) is 0 Å². The van der Waals surface area contributed by atoms with Gasteiger partial charge in [-0.05, 0) is 79.2 Å². The summed E-state index contributed by atoms with van der Waals surface area (Å²) in [6.07, 6.45) is -2.98. The number of carbonyl (C=O) groups is 4. The molecule has 7 rings (SSSR count). The predicted molar refractivity (Wildman–Crippen MR) is 229 cm³/mol. The third kappa shape index (κ3) is 9.37. The highest BCUT2D eigenvalue weighted by Crippen LogP contribution is 2.41. The molecule has 334 valence electrons. The molecule has 63 heavy (non-hydrogen) atoms. The van der Waals surface area contributed by atoms with Crippen molar-refractivity contribution in [2.75, 3.05) is 27.3 Å². The molecule has 2 aromatic carbocycles. The van der Waals surface area contributed by atoms with Gasteiger partial charge in [0.15, 0.2) is 0 Å². The van der Waals surface area contributed by atoms with Gasteiger partial charge in [-0.2, -0.15) is 13.2 Å². The summed E-state index contributed by atoms with van der Waals surface area (Å²) in [5.74, 6) is -0.142. The van der Waals surface area contributed by atoms with Crippen molar-refractivity contribution in [1.82, 2.24) is 40.4 Å². The van der Waals surface area contributed by atoms with Gasteiger partial charge in [0.2, 0.25) is 11.8 Å². The molecule has 14 nitrogen and oxygen atoms in total. The summed E-state index contributed by atoms with van der Waals surface area (Å²) >= 11 is 0. The Hall–Kier alpha value is -6.39. The molecule has 4 heterocycles. The Morgan fingerprint density at radius 2 is 1.51 bits per heavy atom. The van der Waals surface area contributed by atoms with Gasteiger partial charge in [-0.1, -0.05) is 69.5 Å². The molecular formula is C46H53F3N8O6. The fraction of sp³-hybridized carbons (Fsp3) is 0.435. The topological polar surface area (TPSA) is 175 Å². The quantitative estimate of drug-likeness (QED) is 0.110. The number of aromatic nitrogens is 4. The van der Waals surface area contributed by atoms with Crippen molar-refractivity contribution in [1.29, 1.82) is 0 Å². The average Bonchev–Trinajstić information content (AvgIpc) is 4.05. The van der Waals surface area contributed by atoms with E-state index in [0.29, 0.717) is 41.9 Å². The Kier molecular flexibility index (Phi) is 12.9. The third-order valence-electron chi connectivity index (χ3n) is 12.0. The fourth-order valence-corrected chi connectivity index (χ4v) is 8.86. The summed E-state index contributed by atoms with van der Waals surface area (Å²) in [4.78, 5) is 71.1. The lowest BCUT2D eigenvalue weighted by Crippen LogP contribution is -2.51. The monoisotopic (exact) mass is 870 g/mol. The number of hydrogen-bond donors (Lipinski definition) is 4. The Labute approximate surface area is 363 Å². The standard InChI is InChI=1S/C46H53F3N8O6/c1-24(2)35(54-44(60)62-6)42(58)56-20-9-12-34(56)40-50-32-11-8-10-30-22-29(17-18-31(30)38(32)53-40)27-13-15-28(16-14-27)37-33(23-46(47,48)49)51-41(52-37)39-26(5)19-21-57(39)43(59)36(25(3)4)55-45(61)63-7/h13-18,22,25,34-36,39H,1,5,8-12,19-21,23H2,2-4,6-7H3,(H,50,53)(H,51,52)(H,54,60)(H,55,61)/t34-,35-,36-,39-/m0/s1. The fourth-order valence-electron chi connectivity index (χ4n) is 8.86. The van der Waals surface area contributed by atoms with Gasteiger partial charge in [0.05, 0.1) is 43.8 Å². The number of alkyl carbamates (subject to hydrolysis) is 2. The number of likely N-dealkylation sites (tertiary alicyclic amines) is 2. The van der Waals surface area contributed by atoms with E-state index in [0.717, 1.165) is 59.3 Å². The molecule has 17 heteroatoms. The highest BCUT2D eigenvalue weighted by molar-refractivity contribution is 5.89. The number of aryl methyl sites for hydroxylation is 2. The van der Waals surface area contributed by atoms with Gasteiger partial charge in [0, 0.05) is 29.9 Å². The van der Waals surface area contributed by atoms with E-state index in [-0.39, 0.29) is 41.6 Å². The van der Waals surface area contributed by atoms with Gasteiger partial charge in [-0.3, -0.25) is 9.59 Å². The van der Waals surface area contributed by atoms with Crippen LogP contribution in [0.25, 0.3) is 33.6 Å². The van der Waals surface area contributed by atoms with E-state index in [1.54, 1.807) is 37.8 Å². The number of H-pyrrole nitrogens is 2. The molecule has 4 aromatic rings. The van der Waals surface area contributed by atoms with Gasteiger partial charge < -0.3 is 39.9 Å². The van der Waals surface area contributed by atoms with Crippen molar-refractivity contribution >= 4 is 24.0 Å². The van der Waals surface area contributed by atoms with E-state index in [1.807, 2.05) is 24.3 Å². The second-order valence-corrected chi connectivity index (χ2v) is 16.8. The van der Waals surface area contributed by atoms with Crippen molar-refractivity contribution < 1.29 is 41.8 Å². The lowest BCUT2D eigenvalue weighted by molar-refractivity contribution is -0.135. The number of rotatable bonds is 11. The van der Waals surface area contributed by atoms with Crippen LogP contribution in [0.2, 0.25) is 0 Å². The van der Waals surface area contributed by atoms with Crippen LogP contribution in [0, 0.1) is 5.92 Å². The predicted octanol–water partition coefficient (Wildman–Crippen LogP) is 7.90. The van der Waals surface area contributed by atoms with Crippen molar-refractivity contribution in [3.63, 3.8) is 0 Å². The number of nitrogens with one attached hydrogen (secondary N) is 4. The molecule has 3 aliphatic rings. The Bertz CT molecular complexity index is 2420. The van der Waals surface area contributed by atoms with Crippen LogP contribution in [0.1, 0.15) is 87.1 Å². The summed E-state index contributed by atoms with van der Waals surface area (Å²) in [7, 11) is 2.44. The van der Waals surface area contributed by atoms with E-state index < -0.39 is 48.8 Å². The van der Waals surface area contributed by atoms with Crippen molar-refractivity contribution in [3.8, 4) is 33.6 Å². The maximum Gasteiger partial charge on any atom is 0.407 e. The summed E-state index contributed by atoms with van der Waals surface area (Å²) in [6, 6.07) is 10.4. The van der Waals surface area contributed by atoms with Crippen LogP contribution in [0.4, 0.5) is 22.8 Å². The summed E-state index contributed by atoms with van der Waals surface area (Å²) in [5, 5.41) is 5.18. The summed E-state index contributed by atoms with van der Waals surface area (Å²) < 4.78 is 51.5. The van der Waals surface area contributed by atoms with Gasteiger partial charge >= 0.3 is 18.4 Å². The van der Waals surface area contributed by atoms with Gasteiger partial charge in [-0.15, -0.1) is 0 Å². The third-order valence-corrected chi connectivity index (χ3v) is 12.0. The lowest BCUT2D eigenvalue weighted by Gasteiger charge is -2.30. The van der Waals surface area contributed by atoms with Crippen LogP contribution >= 0.6 is 0 Å². The molecule has 2 saturated heterocycles. The number of imidazole rings is 2. The summed E-state index contributed by atoms with van der Waals surface area (Å²) in [6.45, 7) is 14.1. The first-order valence-electron chi connectivity index (χ1n) is 21.1. The first-order valence-corrected chi connectivity index (χ1v) is 21.1. The highest BCUT2D eigenvalue weighted by Gasteiger charge is 2.41. The molecule has 0 unspecified atom stereocenters. The van der Waals surface area contributed by atoms with Crippen LogP contribution in [-0.2, 0) is 38.3 Å². The highest BCUT2D eigenvalue weighted by atomic mass is 19.4. The molecule has 0 radical (unpaired) electrons. The number of benzene rings is 2. The number of halogens is 3. The number of aromatic amines is 2. The molecule has 0 spiro atoms. The van der Waals surface area contributed by atoms with Crippen LogP contribution in [0.5, 0.6) is 0 Å². The molecular weight excluding hydrogens is 818 g/mol. The largest absolute Gasteiger partial charge is 0.453 e. The minimum absolute atomic E-state index is 0.121. The maximum absolute atomic E-state index is 14.0. The molecule has 0 saturated carbocycles. The lowest BCUT2D eigenvalue weighted by atomic mass is 9.95. The average molecular weight is 871 g/mol. The van der Waals surface area contributed by atoms with E-state index in [4.69, 9.17) is 19.4 Å². The molecule has 4 N–H and O–H groups in total. The molecule has 2 aromatic heterocycles. The maximum atomic E-state index is 14.0. The number of carbonyl (C=O) groups excluding carboxylic acids is 4. The van der Waals surface area contributed by atoms with Crippen molar-refractivity contribution in [2.24, 2.45) is 5.92 Å². The zero-order valence-corrected chi connectivity index (χ0v) is 36.1. The molecule has 0 bridgehead atoms. The molecule has 2 fully saturated rings. The molecule has 4 atom stereocenters. The van der Waals surface area contributed by atoms with Gasteiger partial charge in [-0.25, -0.2) is 19.6 Å². The summed E-state index contributed by atoms with van der Waals surface area (Å²) in [5.41, 5.74) is 7.23. The number of hydrogen-bond acceptors (Lipinski definition) is 8. The number of ether oxygens (including phenoxy) is 2. The van der Waals surface area contributed by atoms with Crippen LogP contribution in [0.15, 0.2) is 66.8 Å². The number of nitrogens with zero attached hydrogens (tertiary/aromatic N) is 4. The Morgan fingerprint density at radius 1 is 0.841 bits per heavy atom. The van der Waals surface area contributed by atoms with E-state index in [1.165, 1.54) is 19.1 Å². The number of amides is 4. The van der Waals surface area contributed by atoms with Crippen molar-refractivity contribution in [3.05, 3.63) is 95.4 Å². The van der Waals surface area contributed by atoms with Gasteiger partial charge in [0.25, 0.3) is 0 Å². The van der Waals surface area contributed by atoms with Crippen LogP contribution < -0.4 is 10.6 Å². The number of fused-ring (bicyclic) bond motifs is 3.